The van der Waals surface area contributed by atoms with Gasteiger partial charge >= 0.3 is 0 Å². The highest BCUT2D eigenvalue weighted by Gasteiger charge is 2.18. The highest BCUT2D eigenvalue weighted by atomic mass is 127. The molecule has 1 heterocycles. The first-order chi connectivity index (χ1) is 13.8. The summed E-state index contributed by atoms with van der Waals surface area (Å²) in [6.45, 7) is 6.70. The van der Waals surface area contributed by atoms with Gasteiger partial charge < -0.3 is 20.6 Å². The summed E-state index contributed by atoms with van der Waals surface area (Å²) in [6, 6.07) is 19.1. The van der Waals surface area contributed by atoms with Gasteiger partial charge in [-0.15, -0.1) is 24.0 Å². The van der Waals surface area contributed by atoms with E-state index in [-0.39, 0.29) is 24.0 Å². The number of piperidine rings is 1. The van der Waals surface area contributed by atoms with Crippen LogP contribution >= 0.6 is 24.0 Å². The topological polar surface area (TPSA) is 59.9 Å². The molecule has 0 aliphatic carbocycles. The second kappa shape index (κ2) is 12.7. The summed E-state index contributed by atoms with van der Waals surface area (Å²) in [6.07, 6.45) is 2.15. The molecular formula is C23H33IN4O. The summed E-state index contributed by atoms with van der Waals surface area (Å²) >= 11 is 0. The Morgan fingerprint density at radius 2 is 1.69 bits per heavy atom. The van der Waals surface area contributed by atoms with Gasteiger partial charge in [0.2, 0.25) is 0 Å². The minimum absolute atomic E-state index is 0. The van der Waals surface area contributed by atoms with E-state index in [1.165, 1.54) is 16.8 Å². The summed E-state index contributed by atoms with van der Waals surface area (Å²) in [5.74, 6) is 1.31. The van der Waals surface area contributed by atoms with E-state index >= 15 is 0 Å². The molecular weight excluding hydrogens is 475 g/mol. The largest absolute Gasteiger partial charge is 0.396 e. The normalized spacial score (nSPS) is 15.0. The molecule has 1 fully saturated rings. The van der Waals surface area contributed by atoms with Gasteiger partial charge in [0, 0.05) is 38.5 Å². The number of aliphatic hydroxyl groups excluding tert-OH is 1. The number of nitrogens with zero attached hydrogens (tertiary/aromatic N) is 2. The predicted octanol–water partition coefficient (Wildman–Crippen LogP) is 3.77. The Bertz CT molecular complexity index is 728. The number of benzene rings is 2. The molecule has 0 atom stereocenters. The van der Waals surface area contributed by atoms with Gasteiger partial charge in [-0.1, -0.05) is 42.5 Å². The quantitative estimate of drug-likeness (QED) is 0.303. The van der Waals surface area contributed by atoms with Crippen molar-refractivity contribution in [1.82, 2.24) is 10.6 Å². The van der Waals surface area contributed by atoms with Gasteiger partial charge in [0.1, 0.15) is 0 Å². The Labute approximate surface area is 191 Å². The van der Waals surface area contributed by atoms with Crippen molar-refractivity contribution in [1.29, 1.82) is 0 Å². The van der Waals surface area contributed by atoms with E-state index in [4.69, 9.17) is 0 Å². The van der Waals surface area contributed by atoms with Crippen LogP contribution in [0.4, 0.5) is 5.69 Å². The van der Waals surface area contributed by atoms with Gasteiger partial charge in [0.25, 0.3) is 0 Å². The number of aliphatic hydroxyl groups is 1. The fraction of sp³-hybridized carbons (Fsp3) is 0.435. The van der Waals surface area contributed by atoms with Crippen LogP contribution in [-0.2, 0) is 13.1 Å². The molecule has 1 saturated heterocycles. The molecule has 1 aliphatic rings. The maximum atomic E-state index is 9.29. The van der Waals surface area contributed by atoms with Gasteiger partial charge in [-0.2, -0.15) is 0 Å². The van der Waals surface area contributed by atoms with E-state index in [9.17, 15) is 5.11 Å². The van der Waals surface area contributed by atoms with Gasteiger partial charge in [-0.25, -0.2) is 4.99 Å². The van der Waals surface area contributed by atoms with Gasteiger partial charge in [-0.05, 0) is 48.9 Å². The lowest BCUT2D eigenvalue weighted by Crippen LogP contribution is -2.36. The number of halogens is 1. The molecule has 6 heteroatoms. The lowest BCUT2D eigenvalue weighted by Gasteiger charge is -2.33. The Morgan fingerprint density at radius 1 is 1.00 bits per heavy atom. The van der Waals surface area contributed by atoms with Gasteiger partial charge in [0.05, 0.1) is 6.54 Å². The Hall–Kier alpha value is -1.80. The molecule has 5 nitrogen and oxygen atoms in total. The van der Waals surface area contributed by atoms with E-state index in [1.54, 1.807) is 0 Å². The smallest absolute Gasteiger partial charge is 0.191 e. The second-order valence-electron chi connectivity index (χ2n) is 7.31. The fourth-order valence-corrected chi connectivity index (χ4v) is 3.48. The van der Waals surface area contributed by atoms with Crippen molar-refractivity contribution >= 4 is 35.6 Å². The highest BCUT2D eigenvalue weighted by molar-refractivity contribution is 14.0. The number of hydrogen-bond acceptors (Lipinski definition) is 3. The minimum Gasteiger partial charge on any atom is -0.396 e. The van der Waals surface area contributed by atoms with Crippen molar-refractivity contribution in [3.63, 3.8) is 0 Å². The Morgan fingerprint density at radius 3 is 2.31 bits per heavy atom. The van der Waals surface area contributed by atoms with Crippen LogP contribution in [0.5, 0.6) is 0 Å². The lowest BCUT2D eigenvalue weighted by molar-refractivity contribution is 0.203. The number of guanidine groups is 1. The number of aliphatic imine (C=N–C) groups is 1. The van der Waals surface area contributed by atoms with Crippen molar-refractivity contribution in [2.45, 2.75) is 32.9 Å². The molecule has 2 aromatic carbocycles. The monoisotopic (exact) mass is 508 g/mol. The molecule has 1 aliphatic heterocycles. The maximum Gasteiger partial charge on any atom is 0.191 e. The zero-order valence-electron chi connectivity index (χ0n) is 17.2. The van der Waals surface area contributed by atoms with Gasteiger partial charge in [-0.3, -0.25) is 0 Å². The van der Waals surface area contributed by atoms with E-state index in [1.807, 2.05) is 18.2 Å². The van der Waals surface area contributed by atoms with Crippen LogP contribution in [0.1, 0.15) is 30.9 Å². The average molecular weight is 508 g/mol. The third kappa shape index (κ3) is 7.51. The van der Waals surface area contributed by atoms with Crippen molar-refractivity contribution in [3.8, 4) is 0 Å². The van der Waals surface area contributed by atoms with Crippen molar-refractivity contribution in [2.75, 3.05) is 31.1 Å². The molecule has 0 spiro atoms. The number of nitrogens with one attached hydrogen (secondary N) is 2. The maximum absolute atomic E-state index is 9.29. The lowest BCUT2D eigenvalue weighted by atomic mass is 9.97. The molecule has 2 aromatic rings. The molecule has 0 aromatic heterocycles. The molecule has 0 saturated carbocycles. The van der Waals surface area contributed by atoms with Crippen molar-refractivity contribution in [3.05, 3.63) is 65.7 Å². The zero-order chi connectivity index (χ0) is 19.6. The van der Waals surface area contributed by atoms with Crippen LogP contribution in [0, 0.1) is 5.92 Å². The molecule has 3 N–H and O–H groups in total. The van der Waals surface area contributed by atoms with Crippen LogP contribution in [0.25, 0.3) is 0 Å². The number of hydrogen-bond donors (Lipinski definition) is 3. The Kier molecular flexibility index (Phi) is 10.3. The summed E-state index contributed by atoms with van der Waals surface area (Å²) in [4.78, 5) is 7.08. The third-order valence-electron chi connectivity index (χ3n) is 5.24. The molecule has 3 rings (SSSR count). The minimum atomic E-state index is 0. The molecule has 158 valence electrons. The van der Waals surface area contributed by atoms with Crippen LogP contribution in [0.15, 0.2) is 59.6 Å². The van der Waals surface area contributed by atoms with Crippen molar-refractivity contribution < 1.29 is 5.11 Å². The van der Waals surface area contributed by atoms with Crippen LogP contribution < -0.4 is 15.5 Å². The molecule has 0 amide bonds. The molecule has 0 bridgehead atoms. The first-order valence-electron chi connectivity index (χ1n) is 10.3. The number of anilines is 1. The summed E-state index contributed by atoms with van der Waals surface area (Å²) in [5.41, 5.74) is 3.71. The Balaban J connectivity index is 0.00000300. The number of rotatable bonds is 7. The summed E-state index contributed by atoms with van der Waals surface area (Å²) in [5, 5.41) is 16.0. The van der Waals surface area contributed by atoms with Crippen LogP contribution in [0.3, 0.4) is 0 Å². The van der Waals surface area contributed by atoms with Gasteiger partial charge in [0.15, 0.2) is 5.96 Å². The fourth-order valence-electron chi connectivity index (χ4n) is 3.48. The average Bonchev–Trinajstić information content (AvgIpc) is 2.77. The van der Waals surface area contributed by atoms with Crippen molar-refractivity contribution in [2.24, 2.45) is 10.9 Å². The summed E-state index contributed by atoms with van der Waals surface area (Å²) < 4.78 is 0. The SMILES string of the molecule is CCNC(=NCc1ccccc1)NCc1ccc(N2CCC(CO)CC2)cc1.I. The predicted molar refractivity (Wildman–Crippen MR) is 132 cm³/mol. The van der Waals surface area contributed by atoms with Crippen LogP contribution in [-0.4, -0.2) is 37.3 Å². The van der Waals surface area contributed by atoms with E-state index in [0.29, 0.717) is 19.1 Å². The third-order valence-corrected chi connectivity index (χ3v) is 5.24. The first-order valence-corrected chi connectivity index (χ1v) is 10.3. The second-order valence-corrected chi connectivity index (χ2v) is 7.31. The van der Waals surface area contributed by atoms with E-state index in [2.05, 4.69) is 63.8 Å². The summed E-state index contributed by atoms with van der Waals surface area (Å²) in [7, 11) is 0. The van der Waals surface area contributed by atoms with Crippen LogP contribution in [0.2, 0.25) is 0 Å². The van der Waals surface area contributed by atoms with E-state index < -0.39 is 0 Å². The highest BCUT2D eigenvalue weighted by Crippen LogP contribution is 2.23. The molecule has 0 unspecified atom stereocenters. The standard InChI is InChI=1S/C23H32N4O.HI/c1-2-24-23(25-16-19-6-4-3-5-7-19)26-17-20-8-10-22(11-9-20)27-14-12-21(18-28)13-15-27;/h3-11,21,28H,2,12-18H2,1H3,(H2,24,25,26);1H. The first kappa shape index (κ1) is 23.5. The molecule has 29 heavy (non-hydrogen) atoms. The molecule has 0 radical (unpaired) electrons. The van der Waals surface area contributed by atoms with E-state index in [0.717, 1.165) is 45.0 Å². The zero-order valence-corrected chi connectivity index (χ0v) is 19.5.